The van der Waals surface area contributed by atoms with E-state index in [4.69, 9.17) is 40.2 Å². The molecule has 5 aromatic rings. The van der Waals surface area contributed by atoms with Crippen LogP contribution in [0.4, 0.5) is 5.82 Å². The Bertz CT molecular complexity index is 2130. The van der Waals surface area contributed by atoms with Crippen molar-refractivity contribution in [2.24, 2.45) is 5.92 Å². The molecule has 0 amide bonds. The molecule has 1 saturated carbocycles. The highest BCUT2D eigenvalue weighted by atomic mass is 35.5. The third-order valence-electron chi connectivity index (χ3n) is 8.51. The molecule has 3 aromatic carbocycles. The predicted molar refractivity (Wildman–Crippen MR) is 187 cm³/mol. The number of anilines is 1. The van der Waals surface area contributed by atoms with E-state index < -0.39 is 58.4 Å². The summed E-state index contributed by atoms with van der Waals surface area (Å²) < 4.78 is 56.9. The van der Waals surface area contributed by atoms with Gasteiger partial charge in [-0.05, 0) is 41.3 Å². The molecule has 2 aromatic heterocycles. The van der Waals surface area contributed by atoms with Crippen molar-refractivity contribution in [2.75, 3.05) is 12.3 Å². The van der Waals surface area contributed by atoms with Crippen LogP contribution in [0.1, 0.15) is 17.2 Å². The van der Waals surface area contributed by atoms with E-state index in [0.717, 1.165) is 0 Å². The number of nitrogen functional groups attached to an aromatic ring is 1. The van der Waals surface area contributed by atoms with Gasteiger partial charge in [-0.25, -0.2) is 14.1 Å². The maximum absolute atomic E-state index is 14.3. The number of nitrogens with two attached hydrogens (primary N) is 1. The Balaban J connectivity index is 1.04. The van der Waals surface area contributed by atoms with Gasteiger partial charge in [-0.1, -0.05) is 78.9 Å². The average molecular weight is 771 g/mol. The number of aliphatic hydroxyl groups is 1. The first-order chi connectivity index (χ1) is 25.0. The number of hydrogen-bond acceptors (Lipinski definition) is 13. The fourth-order valence-electron chi connectivity index (χ4n) is 6.06. The van der Waals surface area contributed by atoms with Crippen LogP contribution in [0.25, 0.3) is 11.2 Å². The lowest BCUT2D eigenvalue weighted by Gasteiger charge is -2.26. The number of esters is 1. The monoisotopic (exact) mass is 770 g/mol. The van der Waals surface area contributed by atoms with Gasteiger partial charge < -0.3 is 34.3 Å². The van der Waals surface area contributed by atoms with Gasteiger partial charge in [-0.15, -0.1) is 0 Å². The van der Waals surface area contributed by atoms with Crippen molar-refractivity contribution < 1.29 is 46.8 Å². The summed E-state index contributed by atoms with van der Waals surface area (Å²) in [5.41, 5.74) is 7.99. The summed E-state index contributed by atoms with van der Waals surface area (Å²) in [5, 5.41) is 13.5. The topological polar surface area (TPSA) is 219 Å². The SMILES string of the molecule is Nc1nc(Cl)nc2c1ncn2C1C2OC(COP(=O)(O)OP(=O)(N[C@@H](Cc3ccccc3)C(=O)OCc3ccccc3)Oc3ccccc3)C(O)C21. The number of phosphoric acid groups is 1. The minimum Gasteiger partial charge on any atom is -0.460 e. The van der Waals surface area contributed by atoms with E-state index in [2.05, 4.69) is 20.0 Å². The summed E-state index contributed by atoms with van der Waals surface area (Å²) in [6.07, 6.45) is -1.24. The normalized spacial score (nSPS) is 23.6. The second-order valence-electron chi connectivity index (χ2n) is 12.1. The lowest BCUT2D eigenvalue weighted by molar-refractivity contribution is -0.147. The summed E-state index contributed by atoms with van der Waals surface area (Å²) >= 11 is 5.98. The Labute approximate surface area is 302 Å². The minimum atomic E-state index is -5.23. The minimum absolute atomic E-state index is 0.00969. The van der Waals surface area contributed by atoms with Gasteiger partial charge in [0.05, 0.1) is 31.2 Å². The first-order valence-electron chi connectivity index (χ1n) is 16.0. The van der Waals surface area contributed by atoms with Crippen molar-refractivity contribution in [1.82, 2.24) is 24.6 Å². The molecule has 16 nitrogen and oxygen atoms in total. The van der Waals surface area contributed by atoms with Crippen LogP contribution < -0.4 is 15.3 Å². The third-order valence-corrected chi connectivity index (χ3v) is 11.9. The number of aromatic nitrogens is 4. The van der Waals surface area contributed by atoms with Gasteiger partial charge in [-0.3, -0.25) is 9.32 Å². The second-order valence-corrected chi connectivity index (χ2v) is 15.7. The van der Waals surface area contributed by atoms with Crippen LogP contribution in [0, 0.1) is 5.92 Å². The number of carbonyl (C=O) groups is 1. The molecule has 19 heteroatoms. The summed E-state index contributed by atoms with van der Waals surface area (Å²) in [6, 6.07) is 23.8. The Morgan fingerprint density at radius 1 is 1.00 bits per heavy atom. The number of imidazole rings is 1. The van der Waals surface area contributed by atoms with Crippen LogP contribution in [-0.4, -0.2) is 66.4 Å². The number of aliphatic hydroxyl groups excluding tert-OH is 1. The standard InChI is InChI=1S/C33H33ClN6O10P2/c34-33-37-30(35)26-31(38-33)40(19-36-26)27-25-28(41)24(48-29(25)27)18-47-52(44,45)50-51(43,49-22-14-8-3-9-15-22)39-23(16-20-10-4-1-5-11-20)32(42)46-17-21-12-6-2-7-13-21/h1-15,19,23-25,27-29,41H,16-18H2,(H,39,43)(H,44,45)(H2,35,37,38)/t23-,24?,25?,27?,28?,29?,51?/m0/s1. The first kappa shape index (κ1) is 36.2. The number of carbonyl (C=O) groups excluding carboxylic acids is 1. The lowest BCUT2D eigenvalue weighted by Crippen LogP contribution is -2.39. The molecule has 7 unspecified atom stereocenters. The van der Waals surface area contributed by atoms with Gasteiger partial charge in [-0.2, -0.15) is 19.4 Å². The van der Waals surface area contributed by atoms with E-state index in [9.17, 15) is 23.9 Å². The molecular formula is C33H33ClN6O10P2. The van der Waals surface area contributed by atoms with E-state index in [1.54, 1.807) is 77.4 Å². The number of halogens is 1. The van der Waals surface area contributed by atoms with Crippen LogP contribution >= 0.6 is 27.2 Å². The van der Waals surface area contributed by atoms with Crippen LogP contribution in [0.2, 0.25) is 5.28 Å². The highest BCUT2D eigenvalue weighted by molar-refractivity contribution is 7.63. The fraction of sp³-hybridized carbons (Fsp3) is 0.273. The van der Waals surface area contributed by atoms with Crippen LogP contribution in [-0.2, 0) is 45.3 Å². The molecule has 8 atom stereocenters. The maximum atomic E-state index is 14.3. The Hall–Kier alpha value is -4.21. The second kappa shape index (κ2) is 15.0. The molecule has 0 radical (unpaired) electrons. The molecule has 2 fully saturated rings. The smallest absolute Gasteiger partial charge is 0.460 e. The Kier molecular flexibility index (Phi) is 10.5. The third kappa shape index (κ3) is 8.21. The summed E-state index contributed by atoms with van der Waals surface area (Å²) in [5.74, 6) is -1.14. The van der Waals surface area contributed by atoms with Gasteiger partial charge in [0.1, 0.15) is 30.0 Å². The van der Waals surface area contributed by atoms with Crippen LogP contribution in [0.5, 0.6) is 5.75 Å². The van der Waals surface area contributed by atoms with E-state index in [1.807, 2.05) is 6.07 Å². The van der Waals surface area contributed by atoms with E-state index in [0.29, 0.717) is 22.3 Å². The number of hydrogen-bond donors (Lipinski definition) is 4. The van der Waals surface area contributed by atoms with Crippen molar-refractivity contribution in [2.45, 2.75) is 43.4 Å². The average Bonchev–Trinajstić information content (AvgIpc) is 3.48. The van der Waals surface area contributed by atoms with Crippen molar-refractivity contribution >= 4 is 50.1 Å². The summed E-state index contributed by atoms with van der Waals surface area (Å²) in [4.78, 5) is 36.6. The van der Waals surface area contributed by atoms with Gasteiger partial charge in [0.15, 0.2) is 11.5 Å². The summed E-state index contributed by atoms with van der Waals surface area (Å²) in [7, 11) is -10.1. The number of nitrogens with one attached hydrogen (secondary N) is 1. The molecule has 272 valence electrons. The molecule has 7 rings (SSSR count). The quantitative estimate of drug-likeness (QED) is 0.0648. The van der Waals surface area contributed by atoms with Crippen molar-refractivity contribution in [1.29, 1.82) is 0 Å². The zero-order valence-electron chi connectivity index (χ0n) is 27.1. The largest absolute Gasteiger partial charge is 0.481 e. The van der Waals surface area contributed by atoms with Gasteiger partial charge >= 0.3 is 21.5 Å². The van der Waals surface area contributed by atoms with E-state index in [1.165, 1.54) is 18.5 Å². The Morgan fingerprint density at radius 3 is 2.31 bits per heavy atom. The number of benzene rings is 3. The number of para-hydroxylation sites is 1. The van der Waals surface area contributed by atoms with Gasteiger partial charge in [0, 0.05) is 5.92 Å². The molecule has 0 spiro atoms. The molecule has 52 heavy (non-hydrogen) atoms. The Morgan fingerprint density at radius 2 is 1.65 bits per heavy atom. The molecule has 5 N–H and O–H groups in total. The molecule has 3 heterocycles. The van der Waals surface area contributed by atoms with E-state index in [-0.39, 0.29) is 35.9 Å². The highest BCUT2D eigenvalue weighted by Gasteiger charge is 2.65. The van der Waals surface area contributed by atoms with Crippen LogP contribution in [0.3, 0.4) is 0 Å². The lowest BCUT2D eigenvalue weighted by atomic mass is 10.1. The molecule has 1 saturated heterocycles. The fourth-order valence-corrected chi connectivity index (χ4v) is 9.20. The predicted octanol–water partition coefficient (Wildman–Crippen LogP) is 4.63. The molecule has 1 aliphatic carbocycles. The summed E-state index contributed by atoms with van der Waals surface area (Å²) in [6.45, 7) is -0.698. The maximum Gasteiger partial charge on any atom is 0.481 e. The zero-order valence-corrected chi connectivity index (χ0v) is 29.7. The highest BCUT2D eigenvalue weighted by Crippen LogP contribution is 2.62. The molecule has 2 aliphatic rings. The molecular weight excluding hydrogens is 738 g/mol. The van der Waals surface area contributed by atoms with E-state index >= 15 is 0 Å². The van der Waals surface area contributed by atoms with Gasteiger partial charge in [0.25, 0.3) is 0 Å². The number of ether oxygens (including phenoxy) is 2. The molecule has 1 aliphatic heterocycles. The number of phosphoric ester groups is 1. The van der Waals surface area contributed by atoms with Crippen LogP contribution in [0.15, 0.2) is 97.3 Å². The van der Waals surface area contributed by atoms with Crippen molar-refractivity contribution in [3.05, 3.63) is 114 Å². The van der Waals surface area contributed by atoms with Crippen molar-refractivity contribution in [3.8, 4) is 5.75 Å². The van der Waals surface area contributed by atoms with Gasteiger partial charge in [0.2, 0.25) is 5.28 Å². The number of rotatable bonds is 15. The number of nitrogens with zero attached hydrogens (tertiary/aromatic N) is 4. The first-order valence-corrected chi connectivity index (χ1v) is 19.4. The zero-order chi connectivity index (χ0) is 36.5. The number of fused-ring (bicyclic) bond motifs is 2. The molecule has 0 bridgehead atoms. The van der Waals surface area contributed by atoms with Crippen molar-refractivity contribution in [3.63, 3.8) is 0 Å².